The number of aliphatic hydroxyl groups excluding tert-OH is 1. The molecule has 2 aromatic rings. The van der Waals surface area contributed by atoms with E-state index in [4.69, 9.17) is 4.74 Å². The number of aromatic amines is 1. The van der Waals surface area contributed by atoms with Crippen LogP contribution in [-0.4, -0.2) is 55.0 Å². The first kappa shape index (κ1) is 24.7. The molecule has 0 fully saturated rings. The van der Waals surface area contributed by atoms with Gasteiger partial charge in [-0.05, 0) is 37.8 Å². The molecule has 0 aliphatic carbocycles. The van der Waals surface area contributed by atoms with E-state index in [9.17, 15) is 5.11 Å². The van der Waals surface area contributed by atoms with Crippen molar-refractivity contribution >= 4 is 40.8 Å². The minimum Gasteiger partial charge on any atom is -0.389 e. The number of hydrogen-bond donors (Lipinski definition) is 4. The highest BCUT2D eigenvalue weighted by Crippen LogP contribution is 2.21. The number of fused-ring (bicyclic) bond motifs is 1. The number of guanidine groups is 1. The van der Waals surface area contributed by atoms with E-state index in [1.54, 1.807) is 0 Å². The van der Waals surface area contributed by atoms with Crippen LogP contribution in [0.2, 0.25) is 0 Å². The Kier molecular flexibility index (Phi) is 11.5. The predicted molar refractivity (Wildman–Crippen MR) is 128 cm³/mol. The monoisotopic (exact) mass is 502 g/mol. The largest absolute Gasteiger partial charge is 0.389 e. The van der Waals surface area contributed by atoms with Gasteiger partial charge in [-0.3, -0.25) is 4.99 Å². The standard InChI is InChI=1S/C21H34N4O2.HI/c1-5-22-21(24-12-17(26)14-27-13-15(2)3)23-11-10-18-16(4)25-20-9-7-6-8-19(18)20;/h6-9,15,17,25-26H,5,10-14H2,1-4H3,(H2,22,23,24);1H. The molecular weight excluding hydrogens is 467 g/mol. The van der Waals surface area contributed by atoms with Crippen LogP contribution in [-0.2, 0) is 11.2 Å². The highest BCUT2D eigenvalue weighted by Gasteiger charge is 2.09. The average Bonchev–Trinajstić information content (AvgIpc) is 2.95. The molecule has 1 aromatic heterocycles. The first-order valence-corrected chi connectivity index (χ1v) is 9.85. The lowest BCUT2D eigenvalue weighted by Gasteiger charge is -2.14. The third kappa shape index (κ3) is 7.97. The maximum absolute atomic E-state index is 10.0. The summed E-state index contributed by atoms with van der Waals surface area (Å²) in [4.78, 5) is 7.91. The number of nitrogens with zero attached hydrogens (tertiary/aromatic N) is 1. The fourth-order valence-electron chi connectivity index (χ4n) is 2.99. The summed E-state index contributed by atoms with van der Waals surface area (Å²) in [7, 11) is 0. The Hall–Kier alpha value is -1.32. The van der Waals surface area contributed by atoms with Crippen molar-refractivity contribution in [3.8, 4) is 0 Å². The lowest BCUT2D eigenvalue weighted by molar-refractivity contribution is 0.0301. The molecule has 1 aromatic carbocycles. The SMILES string of the molecule is CCNC(=NCC(O)COCC(C)C)NCCc1c(C)[nH]c2ccccc12.I. The van der Waals surface area contributed by atoms with Gasteiger partial charge in [0.15, 0.2) is 5.96 Å². The van der Waals surface area contributed by atoms with Gasteiger partial charge >= 0.3 is 0 Å². The van der Waals surface area contributed by atoms with Crippen molar-refractivity contribution in [2.75, 3.05) is 32.8 Å². The van der Waals surface area contributed by atoms with Crippen molar-refractivity contribution in [2.45, 2.75) is 40.2 Å². The number of H-pyrrole nitrogens is 1. The summed E-state index contributed by atoms with van der Waals surface area (Å²) < 4.78 is 5.47. The minimum atomic E-state index is -0.588. The van der Waals surface area contributed by atoms with Crippen molar-refractivity contribution in [1.29, 1.82) is 0 Å². The van der Waals surface area contributed by atoms with Crippen molar-refractivity contribution in [1.82, 2.24) is 15.6 Å². The molecule has 28 heavy (non-hydrogen) atoms. The lowest BCUT2D eigenvalue weighted by Crippen LogP contribution is -2.39. The second kappa shape index (κ2) is 13.0. The first-order chi connectivity index (χ1) is 13.0. The van der Waals surface area contributed by atoms with E-state index in [-0.39, 0.29) is 24.0 Å². The summed E-state index contributed by atoms with van der Waals surface area (Å²) in [6.07, 6.45) is 0.315. The van der Waals surface area contributed by atoms with Gasteiger partial charge in [-0.15, -0.1) is 24.0 Å². The Morgan fingerprint density at radius 1 is 1.21 bits per heavy atom. The predicted octanol–water partition coefficient (Wildman–Crippen LogP) is 3.23. The smallest absolute Gasteiger partial charge is 0.191 e. The number of aryl methyl sites for hydroxylation is 1. The van der Waals surface area contributed by atoms with Gasteiger partial charge in [0.25, 0.3) is 0 Å². The van der Waals surface area contributed by atoms with Crippen LogP contribution in [0.15, 0.2) is 29.3 Å². The number of aliphatic hydroxyl groups is 1. The van der Waals surface area contributed by atoms with Gasteiger partial charge in [0.1, 0.15) is 0 Å². The van der Waals surface area contributed by atoms with E-state index < -0.39 is 6.10 Å². The topological polar surface area (TPSA) is 81.7 Å². The first-order valence-electron chi connectivity index (χ1n) is 9.85. The van der Waals surface area contributed by atoms with Crippen LogP contribution in [0, 0.1) is 12.8 Å². The Labute approximate surface area is 185 Å². The van der Waals surface area contributed by atoms with E-state index >= 15 is 0 Å². The summed E-state index contributed by atoms with van der Waals surface area (Å²) in [5, 5.41) is 17.9. The highest BCUT2D eigenvalue weighted by molar-refractivity contribution is 14.0. The summed E-state index contributed by atoms with van der Waals surface area (Å²) >= 11 is 0. The van der Waals surface area contributed by atoms with E-state index in [0.717, 1.165) is 25.5 Å². The molecule has 158 valence electrons. The summed E-state index contributed by atoms with van der Waals surface area (Å²) in [6, 6.07) is 8.38. The molecule has 2 rings (SSSR count). The molecule has 6 nitrogen and oxygen atoms in total. The maximum Gasteiger partial charge on any atom is 0.191 e. The fourth-order valence-corrected chi connectivity index (χ4v) is 2.99. The fraction of sp³-hybridized carbons (Fsp3) is 0.571. The van der Waals surface area contributed by atoms with Crippen molar-refractivity contribution < 1.29 is 9.84 Å². The number of nitrogens with one attached hydrogen (secondary N) is 3. The number of aromatic nitrogens is 1. The number of aliphatic imine (C=N–C) groups is 1. The Bertz CT molecular complexity index is 730. The normalized spacial score (nSPS) is 12.9. The van der Waals surface area contributed by atoms with Crippen LogP contribution in [0.4, 0.5) is 0 Å². The zero-order chi connectivity index (χ0) is 19.6. The summed E-state index contributed by atoms with van der Waals surface area (Å²) in [5.74, 6) is 1.19. The van der Waals surface area contributed by atoms with E-state index in [1.165, 1.54) is 22.2 Å². The van der Waals surface area contributed by atoms with Crippen LogP contribution >= 0.6 is 24.0 Å². The van der Waals surface area contributed by atoms with Crippen LogP contribution in [0.5, 0.6) is 0 Å². The van der Waals surface area contributed by atoms with E-state index in [2.05, 4.69) is 59.6 Å². The van der Waals surface area contributed by atoms with Gasteiger partial charge in [0, 0.05) is 36.3 Å². The molecule has 0 spiro atoms. The van der Waals surface area contributed by atoms with Gasteiger partial charge in [0.2, 0.25) is 0 Å². The molecule has 0 bridgehead atoms. The second-order valence-electron chi connectivity index (χ2n) is 7.26. The van der Waals surface area contributed by atoms with Gasteiger partial charge in [-0.1, -0.05) is 32.0 Å². The zero-order valence-electron chi connectivity index (χ0n) is 17.4. The number of para-hydroxylation sites is 1. The third-order valence-corrected chi connectivity index (χ3v) is 4.26. The number of rotatable bonds is 10. The Morgan fingerprint density at radius 3 is 2.68 bits per heavy atom. The molecule has 0 amide bonds. The van der Waals surface area contributed by atoms with Gasteiger partial charge in [-0.25, -0.2) is 0 Å². The quantitative estimate of drug-likeness (QED) is 0.229. The molecule has 7 heteroatoms. The average molecular weight is 502 g/mol. The molecule has 0 saturated carbocycles. The van der Waals surface area contributed by atoms with E-state index in [0.29, 0.717) is 25.7 Å². The number of hydrogen-bond acceptors (Lipinski definition) is 3. The highest BCUT2D eigenvalue weighted by atomic mass is 127. The van der Waals surface area contributed by atoms with E-state index in [1.807, 2.05) is 13.0 Å². The van der Waals surface area contributed by atoms with Crippen molar-refractivity contribution in [2.24, 2.45) is 10.9 Å². The molecule has 1 unspecified atom stereocenters. The van der Waals surface area contributed by atoms with Crippen LogP contribution in [0.1, 0.15) is 32.0 Å². The number of halogens is 1. The van der Waals surface area contributed by atoms with Crippen molar-refractivity contribution in [3.05, 3.63) is 35.5 Å². The molecule has 0 saturated heterocycles. The third-order valence-electron chi connectivity index (χ3n) is 4.26. The Balaban J connectivity index is 0.00000392. The molecule has 4 N–H and O–H groups in total. The molecule has 0 aliphatic rings. The second-order valence-corrected chi connectivity index (χ2v) is 7.26. The lowest BCUT2D eigenvalue weighted by atomic mass is 10.1. The Morgan fingerprint density at radius 2 is 1.96 bits per heavy atom. The summed E-state index contributed by atoms with van der Waals surface area (Å²) in [5.41, 5.74) is 3.71. The van der Waals surface area contributed by atoms with Crippen LogP contribution in [0.3, 0.4) is 0 Å². The molecule has 0 radical (unpaired) electrons. The molecule has 1 heterocycles. The van der Waals surface area contributed by atoms with Gasteiger partial charge in [0.05, 0.1) is 19.3 Å². The molecular formula is C21H35IN4O2. The zero-order valence-corrected chi connectivity index (χ0v) is 19.7. The maximum atomic E-state index is 10.0. The van der Waals surface area contributed by atoms with Crippen LogP contribution in [0.25, 0.3) is 10.9 Å². The molecule has 1 atom stereocenters. The van der Waals surface area contributed by atoms with Crippen molar-refractivity contribution in [3.63, 3.8) is 0 Å². The summed E-state index contributed by atoms with van der Waals surface area (Å²) in [6.45, 7) is 11.2. The van der Waals surface area contributed by atoms with Gasteiger partial charge < -0.3 is 25.5 Å². The number of benzene rings is 1. The molecule has 0 aliphatic heterocycles. The van der Waals surface area contributed by atoms with Gasteiger partial charge in [-0.2, -0.15) is 0 Å². The number of ether oxygens (including phenoxy) is 1. The minimum absolute atomic E-state index is 0. The van der Waals surface area contributed by atoms with Crippen LogP contribution < -0.4 is 10.6 Å².